The summed E-state index contributed by atoms with van der Waals surface area (Å²) in [5.74, 6) is 0. The molecule has 0 amide bonds. The SMILES string of the molecule is Cc1cccc(CNC2CCCCCCC2)c1C. The number of hydrogen-bond acceptors (Lipinski definition) is 1. The monoisotopic (exact) mass is 245 g/mol. The Bertz CT molecular complexity index is 362. The lowest BCUT2D eigenvalue weighted by molar-refractivity contribution is 0.388. The van der Waals surface area contributed by atoms with E-state index in [9.17, 15) is 0 Å². The van der Waals surface area contributed by atoms with Gasteiger partial charge in [0.25, 0.3) is 0 Å². The Morgan fingerprint density at radius 3 is 2.39 bits per heavy atom. The van der Waals surface area contributed by atoms with Crippen molar-refractivity contribution in [3.05, 3.63) is 34.9 Å². The molecule has 1 aromatic carbocycles. The van der Waals surface area contributed by atoms with Gasteiger partial charge in [-0.3, -0.25) is 0 Å². The smallest absolute Gasteiger partial charge is 0.0210 e. The Kier molecular flexibility index (Phi) is 5.25. The molecule has 0 spiro atoms. The lowest BCUT2D eigenvalue weighted by Crippen LogP contribution is -2.29. The summed E-state index contributed by atoms with van der Waals surface area (Å²) < 4.78 is 0. The minimum Gasteiger partial charge on any atom is -0.310 e. The molecule has 1 nitrogen and oxygen atoms in total. The standard InChI is InChI=1S/C17H27N/c1-14-9-8-10-16(15(14)2)13-18-17-11-6-4-3-5-7-12-17/h8-10,17-18H,3-7,11-13H2,1-2H3. The molecule has 2 rings (SSSR count). The minimum atomic E-state index is 0.741. The molecular formula is C17H27N. The average molecular weight is 245 g/mol. The molecule has 0 atom stereocenters. The molecule has 1 heteroatoms. The van der Waals surface area contributed by atoms with Gasteiger partial charge in [0.2, 0.25) is 0 Å². The maximum Gasteiger partial charge on any atom is 0.0210 e. The molecule has 0 heterocycles. The zero-order valence-corrected chi connectivity index (χ0v) is 12.0. The van der Waals surface area contributed by atoms with Crippen molar-refractivity contribution in [2.24, 2.45) is 0 Å². The van der Waals surface area contributed by atoms with Crippen LogP contribution in [0.5, 0.6) is 0 Å². The number of nitrogens with one attached hydrogen (secondary N) is 1. The second-order valence-corrected chi connectivity index (χ2v) is 5.78. The fraction of sp³-hybridized carbons (Fsp3) is 0.647. The molecular weight excluding hydrogens is 218 g/mol. The Morgan fingerprint density at radius 2 is 1.67 bits per heavy atom. The molecule has 0 radical (unpaired) electrons. The van der Waals surface area contributed by atoms with Crippen LogP contribution in [0.3, 0.4) is 0 Å². The zero-order chi connectivity index (χ0) is 12.8. The van der Waals surface area contributed by atoms with Crippen molar-refractivity contribution in [1.82, 2.24) is 5.32 Å². The van der Waals surface area contributed by atoms with E-state index in [-0.39, 0.29) is 0 Å². The van der Waals surface area contributed by atoms with Gasteiger partial charge in [0, 0.05) is 12.6 Å². The summed E-state index contributed by atoms with van der Waals surface area (Å²) >= 11 is 0. The highest BCUT2D eigenvalue weighted by molar-refractivity contribution is 5.32. The Morgan fingerprint density at radius 1 is 1.00 bits per heavy atom. The van der Waals surface area contributed by atoms with E-state index in [4.69, 9.17) is 0 Å². The van der Waals surface area contributed by atoms with Crippen LogP contribution in [0.4, 0.5) is 0 Å². The number of rotatable bonds is 3. The summed E-state index contributed by atoms with van der Waals surface area (Å²) in [4.78, 5) is 0. The van der Waals surface area contributed by atoms with Gasteiger partial charge >= 0.3 is 0 Å². The molecule has 0 aromatic heterocycles. The average Bonchev–Trinajstić information content (AvgIpc) is 2.32. The largest absolute Gasteiger partial charge is 0.310 e. The van der Waals surface area contributed by atoms with Crippen molar-refractivity contribution in [2.75, 3.05) is 0 Å². The fourth-order valence-corrected chi connectivity index (χ4v) is 2.92. The molecule has 1 aliphatic rings. The van der Waals surface area contributed by atoms with Crippen molar-refractivity contribution in [3.63, 3.8) is 0 Å². The lowest BCUT2D eigenvalue weighted by Gasteiger charge is -2.21. The molecule has 1 N–H and O–H groups in total. The third-order valence-electron chi connectivity index (χ3n) is 4.40. The number of aryl methyl sites for hydroxylation is 1. The molecule has 0 aliphatic heterocycles. The van der Waals surface area contributed by atoms with Crippen LogP contribution in [0.1, 0.15) is 61.6 Å². The van der Waals surface area contributed by atoms with Crippen molar-refractivity contribution >= 4 is 0 Å². The van der Waals surface area contributed by atoms with Crippen LogP contribution < -0.4 is 5.32 Å². The molecule has 1 aliphatic carbocycles. The van der Waals surface area contributed by atoms with Crippen molar-refractivity contribution in [1.29, 1.82) is 0 Å². The number of benzene rings is 1. The first kappa shape index (κ1) is 13.6. The van der Waals surface area contributed by atoms with E-state index >= 15 is 0 Å². The van der Waals surface area contributed by atoms with Crippen molar-refractivity contribution in [3.8, 4) is 0 Å². The van der Waals surface area contributed by atoms with Crippen LogP contribution in [-0.4, -0.2) is 6.04 Å². The molecule has 0 saturated heterocycles. The summed E-state index contributed by atoms with van der Waals surface area (Å²) in [6, 6.07) is 7.38. The van der Waals surface area contributed by atoms with Gasteiger partial charge in [-0.05, 0) is 43.4 Å². The Balaban J connectivity index is 1.87. The predicted molar refractivity (Wildman–Crippen MR) is 78.9 cm³/mol. The molecule has 0 unspecified atom stereocenters. The van der Waals surface area contributed by atoms with E-state index in [2.05, 4.69) is 37.4 Å². The second-order valence-electron chi connectivity index (χ2n) is 5.78. The van der Waals surface area contributed by atoms with Crippen LogP contribution >= 0.6 is 0 Å². The maximum absolute atomic E-state index is 3.77. The van der Waals surface area contributed by atoms with Crippen molar-refractivity contribution < 1.29 is 0 Å². The first-order valence-corrected chi connectivity index (χ1v) is 7.56. The highest BCUT2D eigenvalue weighted by atomic mass is 14.9. The summed E-state index contributed by atoms with van der Waals surface area (Å²) in [6.45, 7) is 5.48. The van der Waals surface area contributed by atoms with Gasteiger partial charge in [-0.15, -0.1) is 0 Å². The summed E-state index contributed by atoms with van der Waals surface area (Å²) in [6.07, 6.45) is 9.86. The van der Waals surface area contributed by atoms with Gasteiger partial charge in [-0.25, -0.2) is 0 Å². The summed E-state index contributed by atoms with van der Waals surface area (Å²) in [5.41, 5.74) is 4.33. The summed E-state index contributed by atoms with van der Waals surface area (Å²) in [7, 11) is 0. The maximum atomic E-state index is 3.77. The van der Waals surface area contributed by atoms with Crippen LogP contribution in [0.25, 0.3) is 0 Å². The van der Waals surface area contributed by atoms with E-state index in [1.165, 1.54) is 61.6 Å². The van der Waals surface area contributed by atoms with Gasteiger partial charge in [0.15, 0.2) is 0 Å². The van der Waals surface area contributed by atoms with Crippen LogP contribution in [0.2, 0.25) is 0 Å². The quantitative estimate of drug-likeness (QED) is 0.826. The van der Waals surface area contributed by atoms with E-state index in [1.807, 2.05) is 0 Å². The van der Waals surface area contributed by atoms with Crippen LogP contribution in [0, 0.1) is 13.8 Å². The van der Waals surface area contributed by atoms with Gasteiger partial charge in [0.05, 0.1) is 0 Å². The second kappa shape index (κ2) is 6.94. The van der Waals surface area contributed by atoms with E-state index in [0.717, 1.165) is 12.6 Å². The molecule has 100 valence electrons. The first-order chi connectivity index (χ1) is 8.77. The predicted octanol–water partition coefficient (Wildman–Crippen LogP) is 4.51. The minimum absolute atomic E-state index is 0.741. The zero-order valence-electron chi connectivity index (χ0n) is 12.0. The number of hydrogen-bond donors (Lipinski definition) is 1. The normalized spacial score (nSPS) is 18.3. The third kappa shape index (κ3) is 3.84. The van der Waals surface area contributed by atoms with E-state index in [1.54, 1.807) is 0 Å². The molecule has 0 bridgehead atoms. The Labute approximate surface area is 112 Å². The van der Waals surface area contributed by atoms with E-state index in [0.29, 0.717) is 0 Å². The third-order valence-corrected chi connectivity index (χ3v) is 4.40. The summed E-state index contributed by atoms with van der Waals surface area (Å²) in [5, 5.41) is 3.77. The fourth-order valence-electron chi connectivity index (χ4n) is 2.92. The molecule has 1 saturated carbocycles. The van der Waals surface area contributed by atoms with Crippen LogP contribution in [0.15, 0.2) is 18.2 Å². The lowest BCUT2D eigenvalue weighted by atomic mass is 9.96. The topological polar surface area (TPSA) is 12.0 Å². The molecule has 18 heavy (non-hydrogen) atoms. The Hall–Kier alpha value is -0.820. The van der Waals surface area contributed by atoms with Gasteiger partial charge in [0.1, 0.15) is 0 Å². The molecule has 1 fully saturated rings. The van der Waals surface area contributed by atoms with Crippen LogP contribution in [-0.2, 0) is 6.54 Å². The van der Waals surface area contributed by atoms with Gasteiger partial charge < -0.3 is 5.32 Å². The van der Waals surface area contributed by atoms with Crippen molar-refractivity contribution in [2.45, 2.75) is 71.4 Å². The molecule has 1 aromatic rings. The first-order valence-electron chi connectivity index (χ1n) is 7.56. The van der Waals surface area contributed by atoms with E-state index < -0.39 is 0 Å². The highest BCUT2D eigenvalue weighted by Crippen LogP contribution is 2.18. The van der Waals surface area contributed by atoms with Gasteiger partial charge in [-0.2, -0.15) is 0 Å². The highest BCUT2D eigenvalue weighted by Gasteiger charge is 2.11. The van der Waals surface area contributed by atoms with Gasteiger partial charge in [-0.1, -0.05) is 50.3 Å².